The molecular formula is C15H17ClN4O3S. The molecule has 0 saturated heterocycles. The van der Waals surface area contributed by atoms with Gasteiger partial charge < -0.3 is 10.5 Å². The molecule has 0 radical (unpaired) electrons. The van der Waals surface area contributed by atoms with Crippen molar-refractivity contribution in [2.45, 2.75) is 49.5 Å². The molecule has 0 spiro atoms. The van der Waals surface area contributed by atoms with E-state index >= 15 is 0 Å². The number of hydrogen-bond acceptors (Lipinski definition) is 6. The van der Waals surface area contributed by atoms with Gasteiger partial charge in [0.2, 0.25) is 5.95 Å². The van der Waals surface area contributed by atoms with Gasteiger partial charge in [-0.2, -0.15) is 13.4 Å². The number of nitrogens with two attached hydrogens (primary N) is 1. The quantitative estimate of drug-likeness (QED) is 0.892. The van der Waals surface area contributed by atoms with Crippen molar-refractivity contribution in [3.8, 4) is 5.75 Å². The summed E-state index contributed by atoms with van der Waals surface area (Å²) in [5.41, 5.74) is 6.44. The third-order valence-corrected chi connectivity index (χ3v) is 6.37. The van der Waals surface area contributed by atoms with Crippen molar-refractivity contribution in [2.24, 2.45) is 0 Å². The molecule has 0 amide bonds. The molecule has 1 aromatic carbocycles. The van der Waals surface area contributed by atoms with Crippen LogP contribution in [-0.4, -0.2) is 28.7 Å². The minimum Gasteiger partial charge on any atom is -0.489 e. The summed E-state index contributed by atoms with van der Waals surface area (Å²) in [4.78, 5) is 4.20. The fraction of sp³-hybridized carbons (Fsp3) is 0.467. The summed E-state index contributed by atoms with van der Waals surface area (Å²) in [6, 6.07) is 3.00. The molecule has 9 heteroatoms. The summed E-state index contributed by atoms with van der Waals surface area (Å²) < 4.78 is 32.7. The van der Waals surface area contributed by atoms with Crippen LogP contribution in [0.1, 0.15) is 43.5 Å². The summed E-state index contributed by atoms with van der Waals surface area (Å²) in [5.74, 6) is 1.00. The molecule has 1 saturated carbocycles. The number of fused-ring (bicyclic) bond motifs is 1. The van der Waals surface area contributed by atoms with Crippen molar-refractivity contribution in [1.82, 2.24) is 14.2 Å². The molecule has 2 aromatic rings. The van der Waals surface area contributed by atoms with Gasteiger partial charge in [0.1, 0.15) is 17.7 Å². The first-order valence-electron chi connectivity index (χ1n) is 7.83. The Balaban J connectivity index is 1.82. The Morgan fingerprint density at radius 1 is 1.38 bits per heavy atom. The topological polar surface area (TPSA) is 100 Å². The summed E-state index contributed by atoms with van der Waals surface area (Å²) in [5, 5.41) is 4.21. The Kier molecular flexibility index (Phi) is 3.50. The molecule has 4 rings (SSSR count). The molecule has 24 heavy (non-hydrogen) atoms. The minimum absolute atomic E-state index is 0.0250. The number of rotatable bonds is 3. The van der Waals surface area contributed by atoms with Crippen molar-refractivity contribution >= 4 is 27.6 Å². The Bertz CT molecular complexity index is 921. The number of halogens is 1. The summed E-state index contributed by atoms with van der Waals surface area (Å²) in [6.45, 7) is 1.91. The van der Waals surface area contributed by atoms with Crippen LogP contribution >= 0.6 is 11.6 Å². The number of nitrogen functional groups attached to an aromatic ring is 1. The lowest BCUT2D eigenvalue weighted by Crippen LogP contribution is -2.22. The molecule has 1 atom stereocenters. The van der Waals surface area contributed by atoms with Gasteiger partial charge in [0.15, 0.2) is 0 Å². The highest BCUT2D eigenvalue weighted by Gasteiger charge is 2.33. The number of aromatic nitrogens is 3. The van der Waals surface area contributed by atoms with Crippen LogP contribution in [0.15, 0.2) is 17.0 Å². The van der Waals surface area contributed by atoms with E-state index in [-0.39, 0.29) is 27.9 Å². The maximum atomic E-state index is 13.1. The monoisotopic (exact) mass is 368 g/mol. The van der Waals surface area contributed by atoms with Crippen LogP contribution in [0.25, 0.3) is 0 Å². The highest BCUT2D eigenvalue weighted by Crippen LogP contribution is 2.40. The van der Waals surface area contributed by atoms with Gasteiger partial charge in [0, 0.05) is 17.9 Å². The van der Waals surface area contributed by atoms with Crippen molar-refractivity contribution in [3.05, 3.63) is 28.5 Å². The second kappa shape index (κ2) is 5.35. The Morgan fingerprint density at radius 3 is 2.79 bits per heavy atom. The minimum atomic E-state index is -3.91. The van der Waals surface area contributed by atoms with Crippen molar-refractivity contribution in [3.63, 3.8) is 0 Å². The molecule has 0 bridgehead atoms. The summed E-state index contributed by atoms with van der Waals surface area (Å²) in [7, 11) is -3.91. The van der Waals surface area contributed by atoms with E-state index in [0.29, 0.717) is 18.0 Å². The van der Waals surface area contributed by atoms with E-state index in [9.17, 15) is 8.42 Å². The zero-order chi connectivity index (χ0) is 17.1. The highest BCUT2D eigenvalue weighted by atomic mass is 35.5. The van der Waals surface area contributed by atoms with Gasteiger partial charge in [-0.3, -0.25) is 0 Å². The molecule has 1 aliphatic carbocycles. The van der Waals surface area contributed by atoms with Crippen LogP contribution in [0.5, 0.6) is 5.75 Å². The molecule has 1 aliphatic heterocycles. The van der Waals surface area contributed by atoms with E-state index in [1.54, 1.807) is 6.07 Å². The van der Waals surface area contributed by atoms with Crippen LogP contribution < -0.4 is 10.5 Å². The van der Waals surface area contributed by atoms with Crippen LogP contribution in [0.2, 0.25) is 5.02 Å². The first kappa shape index (κ1) is 15.7. The third kappa shape index (κ3) is 2.36. The van der Waals surface area contributed by atoms with E-state index in [0.717, 1.165) is 28.9 Å². The van der Waals surface area contributed by atoms with Crippen LogP contribution in [0.3, 0.4) is 0 Å². The first-order valence-corrected chi connectivity index (χ1v) is 9.65. The second-order valence-corrected chi connectivity index (χ2v) is 8.50. The van der Waals surface area contributed by atoms with E-state index in [1.165, 1.54) is 6.07 Å². The lowest BCUT2D eigenvalue weighted by Gasteiger charge is -2.24. The van der Waals surface area contributed by atoms with Gasteiger partial charge in [-0.1, -0.05) is 18.0 Å². The highest BCUT2D eigenvalue weighted by molar-refractivity contribution is 7.89. The Morgan fingerprint density at radius 2 is 2.12 bits per heavy atom. The molecule has 2 N–H and O–H groups in total. The van der Waals surface area contributed by atoms with E-state index < -0.39 is 10.0 Å². The molecule has 2 heterocycles. The predicted molar refractivity (Wildman–Crippen MR) is 88.9 cm³/mol. The summed E-state index contributed by atoms with van der Waals surface area (Å²) in [6.07, 6.45) is 3.43. The molecule has 1 fully saturated rings. The number of nitrogens with zero attached hydrogens (tertiary/aromatic N) is 3. The van der Waals surface area contributed by atoms with Crippen molar-refractivity contribution in [1.29, 1.82) is 0 Å². The average molecular weight is 369 g/mol. The zero-order valence-corrected chi connectivity index (χ0v) is 14.6. The number of benzene rings is 1. The van der Waals surface area contributed by atoms with E-state index in [1.807, 2.05) is 6.92 Å². The van der Waals surface area contributed by atoms with Crippen molar-refractivity contribution < 1.29 is 13.2 Å². The van der Waals surface area contributed by atoms with E-state index in [4.69, 9.17) is 22.1 Å². The molecule has 2 aliphatic rings. The SMILES string of the molecule is C[C@H]1Cc2cc(S(=O)(=O)n3nc(N)nc3C3CCC3)cc(Cl)c2O1. The number of hydrogen-bond donors (Lipinski definition) is 1. The Labute approximate surface area is 144 Å². The molecular weight excluding hydrogens is 352 g/mol. The lowest BCUT2D eigenvalue weighted by atomic mass is 9.85. The van der Waals surface area contributed by atoms with Gasteiger partial charge in [0.05, 0.1) is 9.92 Å². The molecule has 128 valence electrons. The smallest absolute Gasteiger partial charge is 0.284 e. The van der Waals surface area contributed by atoms with E-state index in [2.05, 4.69) is 10.1 Å². The fourth-order valence-electron chi connectivity index (χ4n) is 3.13. The number of anilines is 1. The molecule has 7 nitrogen and oxygen atoms in total. The lowest BCUT2D eigenvalue weighted by molar-refractivity contribution is 0.255. The van der Waals surface area contributed by atoms with Gasteiger partial charge in [-0.05, 0) is 31.9 Å². The maximum absolute atomic E-state index is 13.1. The normalized spacial score (nSPS) is 20.5. The second-order valence-electron chi connectivity index (χ2n) is 6.33. The van der Waals surface area contributed by atoms with Crippen LogP contribution in [-0.2, 0) is 16.4 Å². The van der Waals surface area contributed by atoms with Crippen molar-refractivity contribution in [2.75, 3.05) is 5.73 Å². The van der Waals surface area contributed by atoms with Crippen LogP contribution in [0.4, 0.5) is 5.95 Å². The Hall–Kier alpha value is -1.80. The zero-order valence-electron chi connectivity index (χ0n) is 13.1. The predicted octanol–water partition coefficient (Wildman–Crippen LogP) is 2.34. The standard InChI is InChI=1S/C15H17ClN4O3S/c1-8-5-10-6-11(7-12(16)13(10)23-8)24(21,22)20-14(9-3-2-4-9)18-15(17)19-20/h6-9H,2-5H2,1H3,(H2,17,19)/t8-/m0/s1. The first-order chi connectivity index (χ1) is 11.4. The van der Waals surface area contributed by atoms with Gasteiger partial charge in [-0.25, -0.2) is 0 Å². The average Bonchev–Trinajstić information content (AvgIpc) is 3.00. The van der Waals surface area contributed by atoms with Crippen LogP contribution in [0, 0.1) is 0 Å². The summed E-state index contributed by atoms with van der Waals surface area (Å²) >= 11 is 6.22. The number of ether oxygens (including phenoxy) is 1. The van der Waals surface area contributed by atoms with Gasteiger partial charge in [0.25, 0.3) is 10.0 Å². The fourth-order valence-corrected chi connectivity index (χ4v) is 4.86. The molecule has 1 aromatic heterocycles. The largest absolute Gasteiger partial charge is 0.489 e. The molecule has 0 unspecified atom stereocenters. The maximum Gasteiger partial charge on any atom is 0.284 e. The third-order valence-electron chi connectivity index (χ3n) is 4.53. The van der Waals surface area contributed by atoms with Gasteiger partial charge >= 0.3 is 0 Å². The van der Waals surface area contributed by atoms with Gasteiger partial charge in [-0.15, -0.1) is 9.19 Å².